The fourth-order valence-electron chi connectivity index (χ4n) is 4.11. The normalized spacial score (nSPS) is 17.3. The molecule has 1 N–H and O–H groups in total. The molecule has 0 bridgehead atoms. The van der Waals surface area contributed by atoms with Gasteiger partial charge >= 0.3 is 5.91 Å². The Hall–Kier alpha value is -3.49. The Morgan fingerprint density at radius 1 is 1.09 bits per heavy atom. The quantitative estimate of drug-likeness (QED) is 0.177. The van der Waals surface area contributed by atoms with Crippen LogP contribution in [0.5, 0.6) is 5.75 Å². The first-order valence-electron chi connectivity index (χ1n) is 11.0. The molecule has 35 heavy (non-hydrogen) atoms. The molecule has 1 saturated heterocycles. The number of ether oxygens (including phenoxy) is 1. The van der Waals surface area contributed by atoms with Crippen LogP contribution in [0.3, 0.4) is 0 Å². The molecular formula is C27H21BrN2O4S. The monoisotopic (exact) mass is 548 g/mol. The van der Waals surface area contributed by atoms with E-state index < -0.39 is 17.7 Å². The number of carbonyl (C=O) groups excluding carboxylic acids is 2. The highest BCUT2D eigenvalue weighted by Gasteiger charge is 2.48. The van der Waals surface area contributed by atoms with Crippen LogP contribution in [0.2, 0.25) is 0 Å². The summed E-state index contributed by atoms with van der Waals surface area (Å²) < 4.78 is 7.29. The van der Waals surface area contributed by atoms with Gasteiger partial charge in [-0.25, -0.2) is 4.98 Å². The predicted octanol–water partition coefficient (Wildman–Crippen LogP) is 6.39. The zero-order valence-electron chi connectivity index (χ0n) is 19.0. The third-order valence-electron chi connectivity index (χ3n) is 5.82. The molecule has 2 heterocycles. The fourth-order valence-corrected chi connectivity index (χ4v) is 5.39. The Bertz CT molecular complexity index is 1480. The van der Waals surface area contributed by atoms with E-state index in [0.717, 1.165) is 14.7 Å². The van der Waals surface area contributed by atoms with Gasteiger partial charge in [-0.15, -0.1) is 0 Å². The molecule has 0 unspecified atom stereocenters. The number of ketones is 1. The van der Waals surface area contributed by atoms with Crippen molar-refractivity contribution in [3.63, 3.8) is 0 Å². The van der Waals surface area contributed by atoms with E-state index in [1.54, 1.807) is 12.1 Å². The van der Waals surface area contributed by atoms with Crippen LogP contribution in [0.1, 0.15) is 29.7 Å². The number of aryl methyl sites for hydroxylation is 1. The summed E-state index contributed by atoms with van der Waals surface area (Å²) in [4.78, 5) is 32.7. The summed E-state index contributed by atoms with van der Waals surface area (Å²) in [6.45, 7) is 4.39. The molecule has 8 heteroatoms. The number of thiazole rings is 1. The van der Waals surface area contributed by atoms with Crippen molar-refractivity contribution in [2.75, 3.05) is 11.5 Å². The highest BCUT2D eigenvalue weighted by atomic mass is 79.9. The zero-order chi connectivity index (χ0) is 24.7. The van der Waals surface area contributed by atoms with Crippen molar-refractivity contribution in [1.82, 2.24) is 4.98 Å². The Morgan fingerprint density at radius 2 is 1.80 bits per heavy atom. The first kappa shape index (κ1) is 23.3. The van der Waals surface area contributed by atoms with Gasteiger partial charge in [-0.1, -0.05) is 69.2 Å². The van der Waals surface area contributed by atoms with Gasteiger partial charge in [-0.3, -0.25) is 14.5 Å². The Labute approximate surface area is 214 Å². The number of nitrogens with zero attached hydrogens (tertiary/aromatic N) is 2. The first-order valence-corrected chi connectivity index (χ1v) is 12.6. The smallest absolute Gasteiger partial charge is 0.301 e. The largest absolute Gasteiger partial charge is 0.507 e. The lowest BCUT2D eigenvalue weighted by molar-refractivity contribution is -0.132. The third kappa shape index (κ3) is 4.24. The van der Waals surface area contributed by atoms with Crippen molar-refractivity contribution < 1.29 is 19.4 Å². The minimum absolute atomic E-state index is 0.0374. The van der Waals surface area contributed by atoms with Crippen molar-refractivity contribution in [3.05, 3.63) is 93.5 Å². The van der Waals surface area contributed by atoms with Gasteiger partial charge in [0.05, 0.1) is 28.4 Å². The van der Waals surface area contributed by atoms with Gasteiger partial charge in [0.15, 0.2) is 5.13 Å². The van der Waals surface area contributed by atoms with Gasteiger partial charge in [-0.05, 0) is 49.7 Å². The summed E-state index contributed by atoms with van der Waals surface area (Å²) in [5, 5.41) is 11.6. The van der Waals surface area contributed by atoms with E-state index in [1.165, 1.54) is 16.2 Å². The van der Waals surface area contributed by atoms with Crippen LogP contribution in [0.15, 0.2) is 76.8 Å². The van der Waals surface area contributed by atoms with Crippen molar-refractivity contribution in [1.29, 1.82) is 0 Å². The van der Waals surface area contributed by atoms with Gasteiger partial charge in [0, 0.05) is 10.0 Å². The van der Waals surface area contributed by atoms with Gasteiger partial charge in [0.25, 0.3) is 5.78 Å². The maximum atomic E-state index is 13.4. The summed E-state index contributed by atoms with van der Waals surface area (Å²) in [6, 6.07) is 19.2. The topological polar surface area (TPSA) is 79.7 Å². The molecule has 176 valence electrons. The standard InChI is InChI=1S/C27H21BrN2O4S/c1-3-34-19-12-13-20-21(14-19)35-27(29-20)30-23(16-8-10-18(28)11-9-16)22(25(32)26(30)33)24(31)17-6-4-15(2)5-7-17/h4-14,23,31H,3H2,1-2H3/b24-22+/t23-/m1/s1. The van der Waals surface area contributed by atoms with E-state index in [1.807, 2.05) is 68.4 Å². The van der Waals surface area contributed by atoms with Crippen LogP contribution in [0, 0.1) is 6.92 Å². The number of halogens is 1. The van der Waals surface area contributed by atoms with E-state index in [-0.39, 0.29) is 11.3 Å². The lowest BCUT2D eigenvalue weighted by atomic mass is 9.95. The van der Waals surface area contributed by atoms with E-state index in [0.29, 0.717) is 34.1 Å². The highest BCUT2D eigenvalue weighted by Crippen LogP contribution is 2.44. The van der Waals surface area contributed by atoms with Crippen LogP contribution < -0.4 is 9.64 Å². The number of hydrogen-bond donors (Lipinski definition) is 1. The lowest BCUT2D eigenvalue weighted by Crippen LogP contribution is -2.29. The number of anilines is 1. The second-order valence-electron chi connectivity index (χ2n) is 8.15. The number of aliphatic hydroxyl groups is 1. The Morgan fingerprint density at radius 3 is 2.49 bits per heavy atom. The summed E-state index contributed by atoms with van der Waals surface area (Å²) >= 11 is 4.74. The van der Waals surface area contributed by atoms with Crippen LogP contribution in [-0.2, 0) is 9.59 Å². The van der Waals surface area contributed by atoms with Gasteiger partial charge in [0.1, 0.15) is 11.5 Å². The Kier molecular flexibility index (Phi) is 6.17. The third-order valence-corrected chi connectivity index (χ3v) is 7.37. The number of rotatable bonds is 5. The SMILES string of the molecule is CCOc1ccc2nc(N3C(=O)C(=O)/C(=C(/O)c4ccc(C)cc4)[C@H]3c3ccc(Br)cc3)sc2c1. The number of fused-ring (bicyclic) bond motifs is 1. The predicted molar refractivity (Wildman–Crippen MR) is 141 cm³/mol. The molecule has 1 amide bonds. The van der Waals surface area contributed by atoms with Crippen molar-refractivity contribution in [3.8, 4) is 5.75 Å². The highest BCUT2D eigenvalue weighted by molar-refractivity contribution is 9.10. The first-order chi connectivity index (χ1) is 16.9. The zero-order valence-corrected chi connectivity index (χ0v) is 21.4. The van der Waals surface area contributed by atoms with E-state index in [9.17, 15) is 14.7 Å². The maximum absolute atomic E-state index is 13.4. The summed E-state index contributed by atoms with van der Waals surface area (Å²) in [5.41, 5.74) is 2.92. The molecule has 0 spiro atoms. The number of carbonyl (C=O) groups is 2. The van der Waals surface area contributed by atoms with Crippen LogP contribution in [-0.4, -0.2) is 28.4 Å². The molecule has 0 aliphatic carbocycles. The summed E-state index contributed by atoms with van der Waals surface area (Å²) in [7, 11) is 0. The molecule has 1 aromatic heterocycles. The molecule has 3 aromatic carbocycles. The van der Waals surface area contributed by atoms with Crippen LogP contribution >= 0.6 is 27.3 Å². The second kappa shape index (κ2) is 9.28. The molecule has 1 fully saturated rings. The average Bonchev–Trinajstić information content (AvgIpc) is 3.38. The number of aromatic nitrogens is 1. The molecule has 1 aliphatic rings. The number of Topliss-reactive ketones (excluding diaryl/α,β-unsaturated/α-hetero) is 1. The summed E-state index contributed by atoms with van der Waals surface area (Å²) in [6.07, 6.45) is 0. The minimum Gasteiger partial charge on any atom is -0.507 e. The lowest BCUT2D eigenvalue weighted by Gasteiger charge is -2.23. The Balaban J connectivity index is 1.69. The fraction of sp³-hybridized carbons (Fsp3) is 0.148. The van der Waals surface area contributed by atoms with E-state index in [2.05, 4.69) is 20.9 Å². The van der Waals surface area contributed by atoms with E-state index in [4.69, 9.17) is 4.74 Å². The molecule has 4 aromatic rings. The van der Waals surface area contributed by atoms with Crippen LogP contribution in [0.25, 0.3) is 16.0 Å². The second-order valence-corrected chi connectivity index (χ2v) is 10.1. The molecule has 0 saturated carbocycles. The summed E-state index contributed by atoms with van der Waals surface area (Å²) in [5.74, 6) is -0.972. The minimum atomic E-state index is -0.823. The number of benzene rings is 3. The molecule has 6 nitrogen and oxygen atoms in total. The van der Waals surface area contributed by atoms with Crippen molar-refractivity contribution >= 4 is 60.1 Å². The number of aliphatic hydroxyl groups excluding tert-OH is 1. The number of hydrogen-bond acceptors (Lipinski definition) is 6. The number of amides is 1. The van der Waals surface area contributed by atoms with Gasteiger partial charge in [-0.2, -0.15) is 0 Å². The maximum Gasteiger partial charge on any atom is 0.301 e. The van der Waals surface area contributed by atoms with E-state index >= 15 is 0 Å². The molecule has 1 atom stereocenters. The molecule has 5 rings (SSSR count). The van der Waals surface area contributed by atoms with Crippen LogP contribution in [0.4, 0.5) is 5.13 Å². The molecule has 0 radical (unpaired) electrons. The van der Waals surface area contributed by atoms with Crippen molar-refractivity contribution in [2.24, 2.45) is 0 Å². The average molecular weight is 549 g/mol. The molecular weight excluding hydrogens is 528 g/mol. The van der Waals surface area contributed by atoms with Crippen molar-refractivity contribution in [2.45, 2.75) is 19.9 Å². The molecule has 1 aliphatic heterocycles. The van der Waals surface area contributed by atoms with Gasteiger partial charge < -0.3 is 9.84 Å². The van der Waals surface area contributed by atoms with Gasteiger partial charge in [0.2, 0.25) is 0 Å².